The molecule has 2 N–H and O–H groups in total. The third-order valence-electron chi connectivity index (χ3n) is 1.37. The fourth-order valence-electron chi connectivity index (χ4n) is 0.630. The molecule has 1 aliphatic rings. The van der Waals surface area contributed by atoms with E-state index in [1.807, 2.05) is 10.4 Å². The Kier molecular flexibility index (Phi) is 1.94. The van der Waals surface area contributed by atoms with Gasteiger partial charge in [0.1, 0.15) is 5.66 Å². The Hall–Kier alpha value is -0.540. The Morgan fingerprint density at radius 3 is 2.55 bits per heavy atom. The molecule has 0 saturated carbocycles. The average Bonchev–Trinajstić information content (AvgIpc) is 1.81. The minimum absolute atomic E-state index is 0.605. The third-order valence-corrected chi connectivity index (χ3v) is 4.24. The van der Waals surface area contributed by atoms with Crippen molar-refractivity contribution in [1.29, 1.82) is 0 Å². The zero-order valence-corrected chi connectivity index (χ0v) is 7.28. The lowest BCUT2D eigenvalue weighted by Gasteiger charge is -2.23. The van der Waals surface area contributed by atoms with Gasteiger partial charge in [-0.15, -0.1) is 0 Å². The first-order valence-electron chi connectivity index (χ1n) is 2.86. The predicted octanol–water partition coefficient (Wildman–Crippen LogP) is 0.646. The van der Waals surface area contributed by atoms with Gasteiger partial charge in [-0.05, 0) is 18.2 Å². The van der Waals surface area contributed by atoms with E-state index in [2.05, 4.69) is 0 Å². The second-order valence-corrected chi connectivity index (χ2v) is 5.84. The molecular formula is C4H6ClN2O3P. The standard InChI is InChI=1S/C4H6ClN2O3P/c1-2-3(8)6-4(9)7-11(2,5)10/h2H,1H3,(H2,6,7,8,9,10). The first-order valence-corrected chi connectivity index (χ1v) is 5.54. The Bertz CT molecular complexity index is 266. The Balaban J connectivity index is 2.93. The van der Waals surface area contributed by atoms with Crippen molar-refractivity contribution < 1.29 is 14.2 Å². The molecule has 1 aliphatic heterocycles. The van der Waals surface area contributed by atoms with Gasteiger partial charge < -0.3 is 0 Å². The summed E-state index contributed by atoms with van der Waals surface area (Å²) in [6, 6.07) is -0.800. The van der Waals surface area contributed by atoms with E-state index in [9.17, 15) is 14.2 Å². The van der Waals surface area contributed by atoms with Crippen LogP contribution in [0.3, 0.4) is 0 Å². The number of carbonyl (C=O) groups excluding carboxylic acids is 2. The maximum Gasteiger partial charge on any atom is 0.327 e. The van der Waals surface area contributed by atoms with Crippen LogP contribution in [0.15, 0.2) is 0 Å². The Morgan fingerprint density at radius 2 is 2.09 bits per heavy atom. The van der Waals surface area contributed by atoms with Crippen molar-refractivity contribution >= 4 is 29.8 Å². The van der Waals surface area contributed by atoms with Crippen LogP contribution in [0.2, 0.25) is 0 Å². The molecule has 7 heteroatoms. The SMILES string of the molecule is CC1C(=O)NC(=O)NP1(=O)Cl. The maximum absolute atomic E-state index is 11.2. The van der Waals surface area contributed by atoms with E-state index < -0.39 is 24.2 Å². The van der Waals surface area contributed by atoms with Crippen LogP contribution in [-0.2, 0) is 9.36 Å². The monoisotopic (exact) mass is 196 g/mol. The number of carbonyl (C=O) groups is 2. The van der Waals surface area contributed by atoms with Crippen molar-refractivity contribution in [3.05, 3.63) is 0 Å². The molecular weight excluding hydrogens is 190 g/mol. The number of hydrogen-bond acceptors (Lipinski definition) is 3. The van der Waals surface area contributed by atoms with Crippen LogP contribution in [-0.4, -0.2) is 17.6 Å². The highest BCUT2D eigenvalue weighted by Gasteiger charge is 2.39. The van der Waals surface area contributed by atoms with Gasteiger partial charge in [-0.25, -0.2) is 4.79 Å². The van der Waals surface area contributed by atoms with Gasteiger partial charge in [0.05, 0.1) is 0 Å². The van der Waals surface area contributed by atoms with Gasteiger partial charge in [0.25, 0.3) is 6.65 Å². The number of hydrogen-bond donors (Lipinski definition) is 2. The van der Waals surface area contributed by atoms with Crippen LogP contribution in [0.5, 0.6) is 0 Å². The van der Waals surface area contributed by atoms with Crippen LogP contribution < -0.4 is 10.4 Å². The molecule has 0 aromatic rings. The molecule has 11 heavy (non-hydrogen) atoms. The summed E-state index contributed by atoms with van der Waals surface area (Å²) in [5, 5.41) is 3.92. The summed E-state index contributed by atoms with van der Waals surface area (Å²) in [4.78, 5) is 21.3. The van der Waals surface area contributed by atoms with Crippen molar-refractivity contribution in [3.63, 3.8) is 0 Å². The number of nitrogens with one attached hydrogen (secondary N) is 2. The quantitative estimate of drug-likeness (QED) is 0.559. The fourth-order valence-corrected chi connectivity index (χ4v) is 2.02. The second-order valence-electron chi connectivity index (χ2n) is 2.18. The molecule has 2 unspecified atom stereocenters. The lowest BCUT2D eigenvalue weighted by Crippen LogP contribution is -2.48. The minimum atomic E-state index is -3.33. The summed E-state index contributed by atoms with van der Waals surface area (Å²) >= 11 is 5.37. The third kappa shape index (κ3) is 1.54. The molecule has 62 valence electrons. The zero-order valence-electron chi connectivity index (χ0n) is 5.63. The van der Waals surface area contributed by atoms with Crippen molar-refractivity contribution in [2.45, 2.75) is 12.6 Å². The number of halogens is 1. The highest BCUT2D eigenvalue weighted by molar-refractivity contribution is 7.89. The average molecular weight is 197 g/mol. The molecule has 1 rings (SSSR count). The predicted molar refractivity (Wildman–Crippen MR) is 39.6 cm³/mol. The van der Waals surface area contributed by atoms with Gasteiger partial charge in [0.15, 0.2) is 0 Å². The van der Waals surface area contributed by atoms with Crippen molar-refractivity contribution in [2.24, 2.45) is 0 Å². The maximum atomic E-state index is 11.2. The summed E-state index contributed by atoms with van der Waals surface area (Å²) in [5.41, 5.74) is -0.859. The molecule has 0 aliphatic carbocycles. The molecule has 0 aromatic heterocycles. The van der Waals surface area contributed by atoms with E-state index in [-0.39, 0.29) is 0 Å². The summed E-state index contributed by atoms with van der Waals surface area (Å²) in [6.45, 7) is -1.94. The second kappa shape index (κ2) is 2.50. The lowest BCUT2D eigenvalue weighted by molar-refractivity contribution is -0.119. The number of amides is 3. The molecule has 1 heterocycles. The van der Waals surface area contributed by atoms with Crippen molar-refractivity contribution in [2.75, 3.05) is 0 Å². The number of imide groups is 1. The van der Waals surface area contributed by atoms with Crippen LogP contribution in [0, 0.1) is 0 Å². The molecule has 0 radical (unpaired) electrons. The Labute approximate surface area is 67.7 Å². The molecule has 5 nitrogen and oxygen atoms in total. The van der Waals surface area contributed by atoms with Crippen LogP contribution in [0.25, 0.3) is 0 Å². The lowest BCUT2D eigenvalue weighted by atomic mass is 10.4. The summed E-state index contributed by atoms with van der Waals surface area (Å²) < 4.78 is 11.2. The zero-order chi connectivity index (χ0) is 8.65. The van der Waals surface area contributed by atoms with E-state index >= 15 is 0 Å². The topological polar surface area (TPSA) is 75.3 Å². The highest BCUT2D eigenvalue weighted by Crippen LogP contribution is 2.52. The first kappa shape index (κ1) is 8.56. The summed E-state index contributed by atoms with van der Waals surface area (Å²) in [7, 11) is 0. The normalized spacial score (nSPS) is 37.8. The molecule has 2 atom stereocenters. The molecule has 1 saturated heterocycles. The molecule has 0 bridgehead atoms. The largest absolute Gasteiger partial charge is 0.327 e. The minimum Gasteiger partial charge on any atom is -0.282 e. The van der Waals surface area contributed by atoms with E-state index in [0.29, 0.717) is 0 Å². The van der Waals surface area contributed by atoms with E-state index in [1.165, 1.54) is 6.92 Å². The smallest absolute Gasteiger partial charge is 0.282 e. The summed E-state index contributed by atoms with van der Waals surface area (Å²) in [5.74, 6) is -0.605. The molecule has 1 fully saturated rings. The van der Waals surface area contributed by atoms with Gasteiger partial charge in [0, 0.05) is 0 Å². The first-order chi connectivity index (χ1) is 4.93. The molecule has 3 amide bonds. The highest BCUT2D eigenvalue weighted by atomic mass is 35.7. The van der Waals surface area contributed by atoms with Gasteiger partial charge in [-0.1, -0.05) is 0 Å². The summed E-state index contributed by atoms with van der Waals surface area (Å²) in [6.07, 6.45) is 0. The van der Waals surface area contributed by atoms with Crippen LogP contribution >= 0.6 is 17.9 Å². The fraction of sp³-hybridized carbons (Fsp3) is 0.500. The van der Waals surface area contributed by atoms with E-state index in [1.54, 1.807) is 0 Å². The number of rotatable bonds is 0. The molecule has 0 aromatic carbocycles. The molecule has 0 spiro atoms. The van der Waals surface area contributed by atoms with Gasteiger partial charge >= 0.3 is 6.03 Å². The van der Waals surface area contributed by atoms with Crippen molar-refractivity contribution in [1.82, 2.24) is 10.4 Å². The number of urea groups is 1. The van der Waals surface area contributed by atoms with Crippen LogP contribution in [0.4, 0.5) is 4.79 Å². The van der Waals surface area contributed by atoms with E-state index in [4.69, 9.17) is 11.2 Å². The Morgan fingerprint density at radius 1 is 1.55 bits per heavy atom. The van der Waals surface area contributed by atoms with Gasteiger partial charge in [-0.3, -0.25) is 19.8 Å². The van der Waals surface area contributed by atoms with E-state index in [0.717, 1.165) is 0 Å². The van der Waals surface area contributed by atoms with Crippen molar-refractivity contribution in [3.8, 4) is 0 Å². The van der Waals surface area contributed by atoms with Gasteiger partial charge in [-0.2, -0.15) is 0 Å². The van der Waals surface area contributed by atoms with Crippen LogP contribution in [0.1, 0.15) is 6.92 Å². The van der Waals surface area contributed by atoms with Gasteiger partial charge in [0.2, 0.25) is 5.91 Å².